The van der Waals surface area contributed by atoms with Crippen molar-refractivity contribution >= 4 is 21.6 Å². The number of alkyl halides is 1. The lowest BCUT2D eigenvalue weighted by atomic mass is 10.1. The molecular formula is C15H17ClN2O2S. The summed E-state index contributed by atoms with van der Waals surface area (Å²) in [4.78, 5) is 4.12. The second kappa shape index (κ2) is 7.54. The SMILES string of the molecule is O=S(=O)(CCc1ccccn1)NC(CCl)c1ccccc1. The van der Waals surface area contributed by atoms with Gasteiger partial charge in [0.05, 0.1) is 11.8 Å². The normalized spacial score (nSPS) is 13.0. The van der Waals surface area contributed by atoms with Gasteiger partial charge in [-0.3, -0.25) is 4.98 Å². The van der Waals surface area contributed by atoms with Crippen LogP contribution in [0.4, 0.5) is 0 Å². The molecule has 0 radical (unpaired) electrons. The summed E-state index contributed by atoms with van der Waals surface area (Å²) >= 11 is 5.89. The van der Waals surface area contributed by atoms with Crippen molar-refractivity contribution in [2.24, 2.45) is 0 Å². The van der Waals surface area contributed by atoms with Crippen molar-refractivity contribution in [3.05, 3.63) is 66.0 Å². The van der Waals surface area contributed by atoms with E-state index in [1.165, 1.54) is 0 Å². The molecule has 1 aromatic heterocycles. The van der Waals surface area contributed by atoms with E-state index >= 15 is 0 Å². The van der Waals surface area contributed by atoms with Gasteiger partial charge in [-0.15, -0.1) is 11.6 Å². The summed E-state index contributed by atoms with van der Waals surface area (Å²) in [7, 11) is -3.41. The maximum absolute atomic E-state index is 12.1. The van der Waals surface area contributed by atoms with Crippen molar-refractivity contribution in [3.63, 3.8) is 0 Å². The highest BCUT2D eigenvalue weighted by Crippen LogP contribution is 2.15. The molecule has 21 heavy (non-hydrogen) atoms. The van der Waals surface area contributed by atoms with Crippen molar-refractivity contribution in [2.45, 2.75) is 12.5 Å². The first-order chi connectivity index (χ1) is 10.1. The van der Waals surface area contributed by atoms with Crippen molar-refractivity contribution in [2.75, 3.05) is 11.6 Å². The molecule has 2 aromatic rings. The maximum Gasteiger partial charge on any atom is 0.212 e. The van der Waals surface area contributed by atoms with Gasteiger partial charge in [-0.25, -0.2) is 13.1 Å². The van der Waals surface area contributed by atoms with E-state index in [4.69, 9.17) is 11.6 Å². The quantitative estimate of drug-likeness (QED) is 0.796. The molecule has 4 nitrogen and oxygen atoms in total. The van der Waals surface area contributed by atoms with Gasteiger partial charge in [-0.2, -0.15) is 0 Å². The number of pyridine rings is 1. The van der Waals surface area contributed by atoms with Crippen molar-refractivity contribution in [1.82, 2.24) is 9.71 Å². The van der Waals surface area contributed by atoms with E-state index in [0.29, 0.717) is 6.42 Å². The van der Waals surface area contributed by atoms with Gasteiger partial charge in [-0.05, 0) is 17.7 Å². The lowest BCUT2D eigenvalue weighted by Crippen LogP contribution is -2.32. The van der Waals surface area contributed by atoms with Gasteiger partial charge in [-0.1, -0.05) is 36.4 Å². The Hall–Kier alpha value is -1.43. The first kappa shape index (κ1) is 15.9. The van der Waals surface area contributed by atoms with Crippen LogP contribution in [-0.4, -0.2) is 25.0 Å². The van der Waals surface area contributed by atoms with Crippen LogP contribution in [0.3, 0.4) is 0 Å². The van der Waals surface area contributed by atoms with Gasteiger partial charge in [0.1, 0.15) is 0 Å². The zero-order valence-electron chi connectivity index (χ0n) is 11.4. The van der Waals surface area contributed by atoms with Gasteiger partial charge < -0.3 is 0 Å². The monoisotopic (exact) mass is 324 g/mol. The fourth-order valence-electron chi connectivity index (χ4n) is 1.93. The molecular weight excluding hydrogens is 308 g/mol. The predicted molar refractivity (Wildman–Crippen MR) is 84.8 cm³/mol. The lowest BCUT2D eigenvalue weighted by molar-refractivity contribution is 0.567. The molecule has 0 amide bonds. The molecule has 0 aliphatic rings. The number of nitrogens with one attached hydrogen (secondary N) is 1. The summed E-state index contributed by atoms with van der Waals surface area (Å²) < 4.78 is 26.9. The minimum absolute atomic E-state index is 0.00969. The van der Waals surface area contributed by atoms with Crippen LogP contribution in [0.25, 0.3) is 0 Å². The highest BCUT2D eigenvalue weighted by Gasteiger charge is 2.18. The van der Waals surface area contributed by atoms with Crippen LogP contribution in [0, 0.1) is 0 Å². The van der Waals surface area contributed by atoms with Crippen LogP contribution in [-0.2, 0) is 16.4 Å². The zero-order chi connectivity index (χ0) is 15.1. The third-order valence-electron chi connectivity index (χ3n) is 3.03. The predicted octanol–water partition coefficient (Wildman–Crippen LogP) is 2.52. The van der Waals surface area contributed by atoms with Crippen molar-refractivity contribution in [3.8, 4) is 0 Å². The number of nitrogens with zero attached hydrogens (tertiary/aromatic N) is 1. The minimum atomic E-state index is -3.41. The van der Waals surface area contributed by atoms with Gasteiger partial charge in [0.15, 0.2) is 0 Å². The van der Waals surface area contributed by atoms with Crippen LogP contribution in [0.1, 0.15) is 17.3 Å². The highest BCUT2D eigenvalue weighted by atomic mass is 35.5. The molecule has 0 aliphatic heterocycles. The second-order valence-corrected chi connectivity index (χ2v) is 6.81. The van der Waals surface area contributed by atoms with Crippen molar-refractivity contribution in [1.29, 1.82) is 0 Å². The topological polar surface area (TPSA) is 59.1 Å². The summed E-state index contributed by atoms with van der Waals surface area (Å²) in [5, 5.41) is 0. The Bertz CT molecular complexity index is 648. The Morgan fingerprint density at radius 1 is 1.10 bits per heavy atom. The molecule has 0 fully saturated rings. The Morgan fingerprint density at radius 2 is 1.81 bits per heavy atom. The van der Waals surface area contributed by atoms with Crippen LogP contribution in [0.15, 0.2) is 54.7 Å². The fourth-order valence-corrected chi connectivity index (χ4v) is 3.53. The van der Waals surface area contributed by atoms with E-state index in [1.54, 1.807) is 12.3 Å². The molecule has 2 rings (SSSR count). The Balaban J connectivity index is 1.99. The molecule has 0 spiro atoms. The van der Waals surface area contributed by atoms with E-state index in [2.05, 4.69) is 9.71 Å². The van der Waals surface area contributed by atoms with Crippen LogP contribution in [0.5, 0.6) is 0 Å². The Labute approximate surface area is 130 Å². The van der Waals surface area contributed by atoms with E-state index in [1.807, 2.05) is 42.5 Å². The molecule has 6 heteroatoms. The molecule has 0 saturated heterocycles. The summed E-state index contributed by atoms with van der Waals surface area (Å²) in [6.07, 6.45) is 2.03. The number of hydrogen-bond acceptors (Lipinski definition) is 3. The minimum Gasteiger partial charge on any atom is -0.261 e. The zero-order valence-corrected chi connectivity index (χ0v) is 13.0. The van der Waals surface area contributed by atoms with E-state index in [9.17, 15) is 8.42 Å². The Morgan fingerprint density at radius 3 is 2.43 bits per heavy atom. The van der Waals surface area contributed by atoms with E-state index in [-0.39, 0.29) is 11.6 Å². The Kier molecular flexibility index (Phi) is 5.73. The molecule has 1 aromatic carbocycles. The van der Waals surface area contributed by atoms with Crippen LogP contribution in [0.2, 0.25) is 0 Å². The number of sulfonamides is 1. The summed E-state index contributed by atoms with van der Waals surface area (Å²) in [6, 6.07) is 14.3. The summed E-state index contributed by atoms with van der Waals surface area (Å²) in [5.41, 5.74) is 1.61. The molecule has 1 N–H and O–H groups in total. The number of benzene rings is 1. The van der Waals surface area contributed by atoms with Crippen molar-refractivity contribution < 1.29 is 8.42 Å². The van der Waals surface area contributed by atoms with Gasteiger partial charge in [0.25, 0.3) is 0 Å². The first-order valence-electron chi connectivity index (χ1n) is 6.61. The van der Waals surface area contributed by atoms with Crippen LogP contribution < -0.4 is 4.72 Å². The molecule has 1 unspecified atom stereocenters. The molecule has 1 atom stereocenters. The number of rotatable bonds is 7. The van der Waals surface area contributed by atoms with E-state index in [0.717, 1.165) is 11.3 Å². The summed E-state index contributed by atoms with van der Waals surface area (Å²) in [5.74, 6) is 0.178. The van der Waals surface area contributed by atoms with Gasteiger partial charge in [0.2, 0.25) is 10.0 Å². The lowest BCUT2D eigenvalue weighted by Gasteiger charge is -2.16. The fraction of sp³-hybridized carbons (Fsp3) is 0.267. The number of halogens is 1. The standard InChI is InChI=1S/C15H17ClN2O2S/c16-12-15(13-6-2-1-3-7-13)18-21(19,20)11-9-14-8-4-5-10-17-14/h1-8,10,15,18H,9,11-12H2. The number of aromatic nitrogens is 1. The van der Waals surface area contributed by atoms with Gasteiger partial charge in [0, 0.05) is 24.2 Å². The molecule has 0 bridgehead atoms. The maximum atomic E-state index is 12.1. The second-order valence-electron chi connectivity index (χ2n) is 4.63. The third kappa shape index (κ3) is 5.12. The smallest absolute Gasteiger partial charge is 0.212 e. The summed E-state index contributed by atoms with van der Waals surface area (Å²) in [6.45, 7) is 0. The number of hydrogen-bond donors (Lipinski definition) is 1. The van der Waals surface area contributed by atoms with Crippen LogP contribution >= 0.6 is 11.6 Å². The third-order valence-corrected chi connectivity index (χ3v) is 4.72. The average molecular weight is 325 g/mol. The molecule has 1 heterocycles. The highest BCUT2D eigenvalue weighted by molar-refractivity contribution is 7.89. The molecule has 0 saturated carbocycles. The molecule has 112 valence electrons. The first-order valence-corrected chi connectivity index (χ1v) is 8.80. The largest absolute Gasteiger partial charge is 0.261 e. The number of aryl methyl sites for hydroxylation is 1. The average Bonchev–Trinajstić information content (AvgIpc) is 2.53. The van der Waals surface area contributed by atoms with Gasteiger partial charge >= 0.3 is 0 Å². The molecule has 0 aliphatic carbocycles. The van der Waals surface area contributed by atoms with E-state index < -0.39 is 16.1 Å².